The SMILES string of the molecule is CC1(C)CN(c2ncncc2Br)CCO1. The molecular weight excluding hydrogens is 258 g/mol. The molecule has 0 atom stereocenters. The van der Waals surface area contributed by atoms with Crippen molar-refractivity contribution >= 4 is 21.7 Å². The Labute approximate surface area is 97.8 Å². The van der Waals surface area contributed by atoms with Crippen LogP contribution in [0.3, 0.4) is 0 Å². The fraction of sp³-hybridized carbons (Fsp3) is 0.600. The zero-order chi connectivity index (χ0) is 10.9. The summed E-state index contributed by atoms with van der Waals surface area (Å²) >= 11 is 3.46. The molecule has 0 radical (unpaired) electrons. The molecule has 82 valence electrons. The Bertz CT molecular complexity index is 356. The van der Waals surface area contributed by atoms with E-state index in [1.54, 1.807) is 12.5 Å². The summed E-state index contributed by atoms with van der Waals surface area (Å²) in [6, 6.07) is 0. The van der Waals surface area contributed by atoms with E-state index in [1.165, 1.54) is 0 Å². The molecule has 1 fully saturated rings. The van der Waals surface area contributed by atoms with E-state index >= 15 is 0 Å². The molecule has 0 saturated carbocycles. The van der Waals surface area contributed by atoms with Gasteiger partial charge in [-0.3, -0.25) is 0 Å². The van der Waals surface area contributed by atoms with Gasteiger partial charge in [0.15, 0.2) is 0 Å². The van der Waals surface area contributed by atoms with Gasteiger partial charge in [-0.2, -0.15) is 0 Å². The average Bonchev–Trinajstić information content (AvgIpc) is 2.17. The topological polar surface area (TPSA) is 38.2 Å². The van der Waals surface area contributed by atoms with E-state index in [0.717, 1.165) is 30.0 Å². The lowest BCUT2D eigenvalue weighted by Gasteiger charge is -2.38. The van der Waals surface area contributed by atoms with Crippen molar-refractivity contribution in [3.05, 3.63) is 17.0 Å². The van der Waals surface area contributed by atoms with Crippen LogP contribution in [-0.4, -0.2) is 35.3 Å². The first-order valence-electron chi connectivity index (χ1n) is 4.93. The lowest BCUT2D eigenvalue weighted by Crippen LogP contribution is -2.48. The Hall–Kier alpha value is -0.680. The van der Waals surface area contributed by atoms with Crippen LogP contribution in [0.25, 0.3) is 0 Å². The molecule has 0 amide bonds. The number of anilines is 1. The number of halogens is 1. The summed E-state index contributed by atoms with van der Waals surface area (Å²) in [6.07, 6.45) is 3.34. The average molecular weight is 272 g/mol. The second kappa shape index (κ2) is 4.06. The van der Waals surface area contributed by atoms with Crippen LogP contribution < -0.4 is 4.90 Å². The van der Waals surface area contributed by atoms with Crippen molar-refractivity contribution in [1.29, 1.82) is 0 Å². The fourth-order valence-electron chi connectivity index (χ4n) is 1.74. The lowest BCUT2D eigenvalue weighted by atomic mass is 10.1. The summed E-state index contributed by atoms with van der Waals surface area (Å²) in [5.41, 5.74) is -0.108. The van der Waals surface area contributed by atoms with Crippen molar-refractivity contribution in [3.63, 3.8) is 0 Å². The van der Waals surface area contributed by atoms with Crippen LogP contribution in [-0.2, 0) is 4.74 Å². The van der Waals surface area contributed by atoms with Gasteiger partial charge in [0.05, 0.1) is 16.7 Å². The summed E-state index contributed by atoms with van der Waals surface area (Å²) in [5.74, 6) is 0.946. The molecule has 15 heavy (non-hydrogen) atoms. The van der Waals surface area contributed by atoms with Crippen LogP contribution >= 0.6 is 15.9 Å². The maximum atomic E-state index is 5.66. The van der Waals surface area contributed by atoms with Gasteiger partial charge in [0.2, 0.25) is 0 Å². The van der Waals surface area contributed by atoms with Crippen molar-refractivity contribution < 1.29 is 4.74 Å². The summed E-state index contributed by atoms with van der Waals surface area (Å²) in [4.78, 5) is 10.5. The first-order chi connectivity index (χ1) is 7.08. The van der Waals surface area contributed by atoms with Crippen molar-refractivity contribution in [2.75, 3.05) is 24.6 Å². The minimum absolute atomic E-state index is 0.108. The first-order valence-corrected chi connectivity index (χ1v) is 5.72. The van der Waals surface area contributed by atoms with Crippen LogP contribution in [0, 0.1) is 0 Å². The van der Waals surface area contributed by atoms with Crippen LogP contribution in [0.15, 0.2) is 17.0 Å². The predicted molar refractivity (Wildman–Crippen MR) is 62.0 cm³/mol. The highest BCUT2D eigenvalue weighted by Gasteiger charge is 2.28. The van der Waals surface area contributed by atoms with Crippen LogP contribution in [0.2, 0.25) is 0 Å². The fourth-order valence-corrected chi connectivity index (χ4v) is 2.21. The Kier molecular flexibility index (Phi) is 2.93. The molecule has 1 saturated heterocycles. The highest BCUT2D eigenvalue weighted by atomic mass is 79.9. The number of ether oxygens (including phenoxy) is 1. The van der Waals surface area contributed by atoms with Gasteiger partial charge < -0.3 is 9.64 Å². The molecule has 0 spiro atoms. The Morgan fingerprint density at radius 3 is 3.00 bits per heavy atom. The largest absolute Gasteiger partial charge is 0.372 e. The molecule has 4 nitrogen and oxygen atoms in total. The molecule has 1 aromatic heterocycles. The van der Waals surface area contributed by atoms with Crippen LogP contribution in [0.1, 0.15) is 13.8 Å². The van der Waals surface area contributed by atoms with Crippen LogP contribution in [0.4, 0.5) is 5.82 Å². The van der Waals surface area contributed by atoms with Crippen molar-refractivity contribution in [2.24, 2.45) is 0 Å². The molecule has 0 aromatic carbocycles. The number of hydrogen-bond acceptors (Lipinski definition) is 4. The molecule has 1 aliphatic rings. The summed E-state index contributed by atoms with van der Waals surface area (Å²) in [6.45, 7) is 6.65. The molecule has 5 heteroatoms. The number of aromatic nitrogens is 2. The Morgan fingerprint density at radius 1 is 1.53 bits per heavy atom. The third-order valence-electron chi connectivity index (χ3n) is 2.37. The van der Waals surface area contributed by atoms with Gasteiger partial charge in [-0.25, -0.2) is 9.97 Å². The summed E-state index contributed by atoms with van der Waals surface area (Å²) in [7, 11) is 0. The number of rotatable bonds is 1. The quantitative estimate of drug-likeness (QED) is 0.782. The molecule has 2 rings (SSSR count). The standard InChI is InChI=1S/C10H14BrN3O/c1-10(2)6-14(3-4-15-10)9-8(11)5-12-7-13-9/h5,7H,3-4,6H2,1-2H3. The molecule has 2 heterocycles. The zero-order valence-corrected chi connectivity index (χ0v) is 10.5. The van der Waals surface area contributed by atoms with E-state index < -0.39 is 0 Å². The van der Waals surface area contributed by atoms with Crippen molar-refractivity contribution in [3.8, 4) is 0 Å². The van der Waals surface area contributed by atoms with Gasteiger partial charge >= 0.3 is 0 Å². The highest BCUT2D eigenvalue weighted by Crippen LogP contribution is 2.26. The minimum atomic E-state index is -0.108. The predicted octanol–water partition coefficient (Wildman–Crippen LogP) is 1.85. The van der Waals surface area contributed by atoms with Crippen LogP contribution in [0.5, 0.6) is 0 Å². The number of nitrogens with zero attached hydrogens (tertiary/aromatic N) is 3. The smallest absolute Gasteiger partial charge is 0.146 e. The maximum Gasteiger partial charge on any atom is 0.146 e. The summed E-state index contributed by atoms with van der Waals surface area (Å²) < 4.78 is 6.59. The van der Waals surface area contributed by atoms with E-state index in [4.69, 9.17) is 4.74 Å². The van der Waals surface area contributed by atoms with E-state index in [2.05, 4.69) is 44.6 Å². The number of morpholine rings is 1. The Morgan fingerprint density at radius 2 is 2.33 bits per heavy atom. The monoisotopic (exact) mass is 271 g/mol. The molecule has 1 aromatic rings. The van der Waals surface area contributed by atoms with Crippen molar-refractivity contribution in [1.82, 2.24) is 9.97 Å². The molecule has 0 N–H and O–H groups in total. The van der Waals surface area contributed by atoms with Crippen molar-refractivity contribution in [2.45, 2.75) is 19.4 Å². The van der Waals surface area contributed by atoms with E-state index in [9.17, 15) is 0 Å². The molecule has 0 aliphatic carbocycles. The number of hydrogen-bond donors (Lipinski definition) is 0. The van der Waals surface area contributed by atoms with E-state index in [1.807, 2.05) is 0 Å². The second-order valence-electron chi connectivity index (χ2n) is 4.22. The van der Waals surface area contributed by atoms with Gasteiger partial charge in [0.25, 0.3) is 0 Å². The highest BCUT2D eigenvalue weighted by molar-refractivity contribution is 9.10. The second-order valence-corrected chi connectivity index (χ2v) is 5.08. The van der Waals surface area contributed by atoms with Gasteiger partial charge in [-0.15, -0.1) is 0 Å². The maximum absolute atomic E-state index is 5.66. The Balaban J connectivity index is 2.21. The van der Waals surface area contributed by atoms with E-state index in [0.29, 0.717) is 0 Å². The lowest BCUT2D eigenvalue weighted by molar-refractivity contribution is -0.0279. The van der Waals surface area contributed by atoms with Gasteiger partial charge in [-0.1, -0.05) is 0 Å². The molecule has 0 unspecified atom stereocenters. The van der Waals surface area contributed by atoms with Gasteiger partial charge in [-0.05, 0) is 29.8 Å². The van der Waals surface area contributed by atoms with Gasteiger partial charge in [0.1, 0.15) is 12.1 Å². The third kappa shape index (κ3) is 2.46. The molecule has 0 bridgehead atoms. The molecule has 1 aliphatic heterocycles. The first kappa shape index (κ1) is 10.8. The normalized spacial score (nSPS) is 20.3. The summed E-state index contributed by atoms with van der Waals surface area (Å²) in [5, 5.41) is 0. The third-order valence-corrected chi connectivity index (χ3v) is 2.93. The van der Waals surface area contributed by atoms with Gasteiger partial charge in [0, 0.05) is 19.3 Å². The minimum Gasteiger partial charge on any atom is -0.372 e. The zero-order valence-electron chi connectivity index (χ0n) is 8.90. The molecular formula is C10H14BrN3O. The van der Waals surface area contributed by atoms with E-state index in [-0.39, 0.29) is 5.60 Å².